The molecular formula is C18H35O9P. The highest BCUT2D eigenvalue weighted by molar-refractivity contribution is 7.47. The molecule has 0 aliphatic carbocycles. The number of aliphatic hydroxyl groups excluding tert-OH is 1. The minimum Gasteiger partial charge on any atom is -0.388 e. The summed E-state index contributed by atoms with van der Waals surface area (Å²) in [4.78, 5) is 10.2. The van der Waals surface area contributed by atoms with Crippen molar-refractivity contribution in [1.82, 2.24) is 0 Å². The lowest BCUT2D eigenvalue weighted by Crippen LogP contribution is -2.38. The van der Waals surface area contributed by atoms with E-state index in [1.54, 1.807) is 6.92 Å². The molecule has 0 aromatic rings. The van der Waals surface area contributed by atoms with Crippen molar-refractivity contribution in [3.8, 4) is 0 Å². The van der Waals surface area contributed by atoms with Crippen molar-refractivity contribution < 1.29 is 42.6 Å². The molecule has 0 aromatic heterocycles. The average Bonchev–Trinajstić information content (AvgIpc) is 3.04. The molecule has 2 aliphatic heterocycles. The first-order valence-electron chi connectivity index (χ1n) is 9.90. The number of rotatable bonds is 10. The molecule has 9 nitrogen and oxygen atoms in total. The summed E-state index contributed by atoms with van der Waals surface area (Å²) in [5, 5.41) is 10.2. The van der Waals surface area contributed by atoms with Crippen molar-refractivity contribution in [3.63, 3.8) is 0 Å². The highest BCUT2D eigenvalue weighted by atomic mass is 31.2. The summed E-state index contributed by atoms with van der Waals surface area (Å²) < 4.78 is 45.6. The Balaban J connectivity index is 1.90. The predicted molar refractivity (Wildman–Crippen MR) is 101 cm³/mol. The van der Waals surface area contributed by atoms with E-state index < -0.39 is 44.4 Å². The lowest BCUT2D eigenvalue weighted by molar-refractivity contribution is -0.0804. The van der Waals surface area contributed by atoms with Crippen LogP contribution < -0.4 is 0 Å². The highest BCUT2D eigenvalue weighted by Crippen LogP contribution is 2.48. The Hall–Kier alpha value is -0.0900. The van der Waals surface area contributed by atoms with Crippen LogP contribution in [0.2, 0.25) is 0 Å². The summed E-state index contributed by atoms with van der Waals surface area (Å²) in [5.74, 6) is 0. The summed E-state index contributed by atoms with van der Waals surface area (Å²) in [6.45, 7) is 11.1. The molecule has 28 heavy (non-hydrogen) atoms. The maximum Gasteiger partial charge on any atom is 0.472 e. The Kier molecular flexibility index (Phi) is 8.88. The summed E-state index contributed by atoms with van der Waals surface area (Å²) in [6.07, 6.45) is -3.42. The van der Waals surface area contributed by atoms with E-state index in [0.29, 0.717) is 6.42 Å². The van der Waals surface area contributed by atoms with Crippen LogP contribution in [-0.2, 0) is 32.6 Å². The van der Waals surface area contributed by atoms with Crippen molar-refractivity contribution in [2.24, 2.45) is 0 Å². The van der Waals surface area contributed by atoms with Gasteiger partial charge in [0.1, 0.15) is 30.5 Å². The molecule has 0 bridgehead atoms. The number of hydrogen-bond acceptors (Lipinski definition) is 8. The molecule has 2 heterocycles. The van der Waals surface area contributed by atoms with Crippen molar-refractivity contribution in [1.29, 1.82) is 0 Å². The number of hydrogen-bond donors (Lipinski definition) is 2. The van der Waals surface area contributed by atoms with Gasteiger partial charge in [-0.05, 0) is 41.5 Å². The third kappa shape index (κ3) is 7.00. The van der Waals surface area contributed by atoms with Crippen LogP contribution in [0.15, 0.2) is 0 Å². The van der Waals surface area contributed by atoms with Gasteiger partial charge in [-0.25, -0.2) is 4.57 Å². The Bertz CT molecular complexity index is 529. The molecule has 8 atom stereocenters. The van der Waals surface area contributed by atoms with Gasteiger partial charge in [0.2, 0.25) is 0 Å². The SMILES string of the molecule is CC(C)OC[C@H]1O[C@@H](C)CC1OP(=O)(O)OC[C@H]1O[C@@H](C)[C@@H](O)C1OC(C)C. The summed E-state index contributed by atoms with van der Waals surface area (Å²) in [6, 6.07) is 0. The zero-order valence-corrected chi connectivity index (χ0v) is 18.4. The highest BCUT2D eigenvalue weighted by Gasteiger charge is 2.45. The van der Waals surface area contributed by atoms with Crippen LogP contribution in [0, 0.1) is 0 Å². The quantitative estimate of drug-likeness (QED) is 0.507. The standard InChI is InChI=1S/C18H35O9P/c1-10(2)22-8-15-14(7-12(5)25-15)27-28(20,21)23-9-16-18(24-11(3)4)17(19)13(6)26-16/h10-19H,7-9H2,1-6H3,(H,20,21)/t12-,13-,14?,15+,16+,17+,18?/m0/s1. The second-order valence-corrected chi connectivity index (χ2v) is 9.44. The van der Waals surface area contributed by atoms with Gasteiger partial charge in [-0.3, -0.25) is 9.05 Å². The smallest absolute Gasteiger partial charge is 0.388 e. The van der Waals surface area contributed by atoms with Gasteiger partial charge in [0.15, 0.2) is 0 Å². The Morgan fingerprint density at radius 3 is 2.36 bits per heavy atom. The van der Waals surface area contributed by atoms with Crippen molar-refractivity contribution >= 4 is 7.82 Å². The van der Waals surface area contributed by atoms with Gasteiger partial charge >= 0.3 is 7.82 Å². The molecule has 0 saturated carbocycles. The number of ether oxygens (including phenoxy) is 4. The van der Waals surface area contributed by atoms with Crippen LogP contribution in [0.5, 0.6) is 0 Å². The van der Waals surface area contributed by atoms with E-state index >= 15 is 0 Å². The molecule has 10 heteroatoms. The third-order valence-electron chi connectivity index (χ3n) is 4.65. The second-order valence-electron chi connectivity index (χ2n) is 8.03. The minimum absolute atomic E-state index is 0.0168. The number of phosphoric acid groups is 1. The molecule has 166 valence electrons. The summed E-state index contributed by atoms with van der Waals surface area (Å²) in [7, 11) is -4.36. The first kappa shape index (κ1) is 24.2. The Morgan fingerprint density at radius 1 is 1.07 bits per heavy atom. The fourth-order valence-electron chi connectivity index (χ4n) is 3.37. The van der Waals surface area contributed by atoms with Gasteiger partial charge in [-0.2, -0.15) is 0 Å². The normalized spacial score (nSPS) is 38.4. The summed E-state index contributed by atoms with van der Waals surface area (Å²) in [5.41, 5.74) is 0. The van der Waals surface area contributed by atoms with Gasteiger partial charge in [0, 0.05) is 6.42 Å². The predicted octanol–water partition coefficient (Wildman–Crippen LogP) is 2.03. The monoisotopic (exact) mass is 426 g/mol. The molecule has 2 saturated heterocycles. The van der Waals surface area contributed by atoms with Crippen molar-refractivity contribution in [2.45, 2.75) is 103 Å². The zero-order valence-electron chi connectivity index (χ0n) is 17.5. The topological polar surface area (TPSA) is 113 Å². The van der Waals surface area contributed by atoms with Gasteiger partial charge in [-0.15, -0.1) is 0 Å². The van der Waals surface area contributed by atoms with E-state index in [4.69, 9.17) is 28.0 Å². The number of aliphatic hydroxyl groups is 1. The zero-order chi connectivity index (χ0) is 21.1. The molecule has 3 unspecified atom stereocenters. The van der Waals surface area contributed by atoms with E-state index in [9.17, 15) is 14.6 Å². The Labute approximate surface area is 167 Å². The van der Waals surface area contributed by atoms with Crippen molar-refractivity contribution in [3.05, 3.63) is 0 Å². The fourth-order valence-corrected chi connectivity index (χ4v) is 4.33. The van der Waals surface area contributed by atoms with Gasteiger partial charge in [-0.1, -0.05) is 0 Å². The first-order valence-corrected chi connectivity index (χ1v) is 11.4. The Morgan fingerprint density at radius 2 is 1.75 bits per heavy atom. The van der Waals surface area contributed by atoms with Crippen LogP contribution in [0.25, 0.3) is 0 Å². The second kappa shape index (κ2) is 10.3. The molecule has 0 spiro atoms. The third-order valence-corrected chi connectivity index (χ3v) is 5.67. The summed E-state index contributed by atoms with van der Waals surface area (Å²) >= 11 is 0. The van der Waals surface area contributed by atoms with E-state index in [2.05, 4.69) is 0 Å². The fraction of sp³-hybridized carbons (Fsp3) is 1.00. The van der Waals surface area contributed by atoms with Crippen LogP contribution >= 0.6 is 7.82 Å². The molecule has 2 aliphatic rings. The van der Waals surface area contributed by atoms with Crippen LogP contribution in [0.3, 0.4) is 0 Å². The van der Waals surface area contributed by atoms with E-state index in [0.717, 1.165) is 0 Å². The van der Waals surface area contributed by atoms with E-state index in [-0.39, 0.29) is 31.5 Å². The average molecular weight is 426 g/mol. The molecule has 0 amide bonds. The van der Waals surface area contributed by atoms with Gasteiger partial charge in [0.25, 0.3) is 0 Å². The van der Waals surface area contributed by atoms with Crippen LogP contribution in [-0.4, -0.2) is 78.1 Å². The molecule has 2 fully saturated rings. The minimum atomic E-state index is -4.36. The molecular weight excluding hydrogens is 391 g/mol. The lowest BCUT2D eigenvalue weighted by Gasteiger charge is -2.25. The van der Waals surface area contributed by atoms with E-state index in [1.165, 1.54) is 0 Å². The van der Waals surface area contributed by atoms with Crippen LogP contribution in [0.1, 0.15) is 48.0 Å². The molecule has 2 rings (SSSR count). The van der Waals surface area contributed by atoms with Gasteiger partial charge < -0.3 is 28.9 Å². The van der Waals surface area contributed by atoms with Crippen molar-refractivity contribution in [2.75, 3.05) is 13.2 Å². The largest absolute Gasteiger partial charge is 0.472 e. The molecule has 0 radical (unpaired) electrons. The first-order chi connectivity index (χ1) is 13.0. The van der Waals surface area contributed by atoms with Gasteiger partial charge in [0.05, 0.1) is 37.6 Å². The maximum absolute atomic E-state index is 12.5. The molecule has 2 N–H and O–H groups in total. The maximum atomic E-state index is 12.5. The number of phosphoric ester groups is 1. The van der Waals surface area contributed by atoms with Crippen LogP contribution in [0.4, 0.5) is 0 Å². The molecule has 0 aromatic carbocycles. The lowest BCUT2D eigenvalue weighted by atomic mass is 10.1. The van der Waals surface area contributed by atoms with E-state index in [1.807, 2.05) is 34.6 Å².